The van der Waals surface area contributed by atoms with Crippen molar-refractivity contribution in [2.45, 2.75) is 25.6 Å². The van der Waals surface area contributed by atoms with Crippen LogP contribution in [0.15, 0.2) is 30.3 Å². The average molecular weight is 337 g/mol. The van der Waals surface area contributed by atoms with Crippen LogP contribution in [0.3, 0.4) is 0 Å². The van der Waals surface area contributed by atoms with Crippen molar-refractivity contribution in [1.82, 2.24) is 15.5 Å². The summed E-state index contributed by atoms with van der Waals surface area (Å²) in [5.74, 6) is -0.194. The lowest BCUT2D eigenvalue weighted by Crippen LogP contribution is -2.31. The predicted molar refractivity (Wildman–Crippen MR) is 82.0 cm³/mol. The summed E-state index contributed by atoms with van der Waals surface area (Å²) in [6.07, 6.45) is 2.03. The zero-order valence-electron chi connectivity index (χ0n) is 12.8. The highest BCUT2D eigenvalue weighted by Gasteiger charge is 2.17. The van der Waals surface area contributed by atoms with Gasteiger partial charge >= 0.3 is 6.61 Å². The van der Waals surface area contributed by atoms with Gasteiger partial charge < -0.3 is 14.8 Å². The SMILES string of the molecule is O=C(NC[C@@H]1CCCO1)c1cc(-c2ccc(OC(F)F)cc2)n[nH]1. The van der Waals surface area contributed by atoms with Gasteiger partial charge in [-0.2, -0.15) is 13.9 Å². The number of aromatic nitrogens is 2. The van der Waals surface area contributed by atoms with Crippen LogP contribution in [0.1, 0.15) is 23.3 Å². The summed E-state index contributed by atoms with van der Waals surface area (Å²) in [7, 11) is 0. The van der Waals surface area contributed by atoms with Gasteiger partial charge in [-0.3, -0.25) is 9.89 Å². The Bertz CT molecular complexity index is 682. The van der Waals surface area contributed by atoms with E-state index in [1.165, 1.54) is 12.1 Å². The maximum Gasteiger partial charge on any atom is 0.387 e. The third kappa shape index (κ3) is 4.08. The number of H-pyrrole nitrogens is 1. The lowest BCUT2D eigenvalue weighted by atomic mass is 10.1. The highest BCUT2D eigenvalue weighted by atomic mass is 19.3. The van der Waals surface area contributed by atoms with E-state index >= 15 is 0 Å². The smallest absolute Gasteiger partial charge is 0.387 e. The first-order valence-electron chi connectivity index (χ1n) is 7.62. The van der Waals surface area contributed by atoms with Crippen molar-refractivity contribution in [3.05, 3.63) is 36.0 Å². The number of aromatic amines is 1. The molecule has 2 aromatic rings. The van der Waals surface area contributed by atoms with Crippen LogP contribution in [0.5, 0.6) is 5.75 Å². The lowest BCUT2D eigenvalue weighted by molar-refractivity contribution is -0.0498. The molecule has 0 bridgehead atoms. The summed E-state index contributed by atoms with van der Waals surface area (Å²) in [6, 6.07) is 7.65. The van der Waals surface area contributed by atoms with Crippen molar-refractivity contribution in [3.8, 4) is 17.0 Å². The van der Waals surface area contributed by atoms with Gasteiger partial charge in [0.1, 0.15) is 11.4 Å². The first-order valence-corrected chi connectivity index (χ1v) is 7.62. The third-order valence-electron chi connectivity index (χ3n) is 3.71. The Morgan fingerprint density at radius 1 is 1.42 bits per heavy atom. The van der Waals surface area contributed by atoms with Crippen LogP contribution >= 0.6 is 0 Å². The maximum absolute atomic E-state index is 12.1. The molecule has 128 valence electrons. The van der Waals surface area contributed by atoms with Crippen LogP contribution in [0, 0.1) is 0 Å². The average Bonchev–Trinajstić information content (AvgIpc) is 3.24. The number of nitrogens with zero attached hydrogens (tertiary/aromatic N) is 1. The molecule has 1 atom stereocenters. The van der Waals surface area contributed by atoms with Crippen LogP contribution in [-0.4, -0.2) is 42.0 Å². The molecule has 1 aliphatic heterocycles. The van der Waals surface area contributed by atoms with E-state index in [1.54, 1.807) is 18.2 Å². The molecule has 24 heavy (non-hydrogen) atoms. The molecular weight excluding hydrogens is 320 g/mol. The topological polar surface area (TPSA) is 76.2 Å². The Morgan fingerprint density at radius 2 is 2.21 bits per heavy atom. The first-order chi connectivity index (χ1) is 11.6. The zero-order valence-corrected chi connectivity index (χ0v) is 12.8. The molecule has 1 aliphatic rings. The fourth-order valence-corrected chi connectivity index (χ4v) is 2.50. The molecule has 1 amide bonds. The minimum atomic E-state index is -2.86. The molecular formula is C16H17F2N3O3. The zero-order chi connectivity index (χ0) is 16.9. The Balaban J connectivity index is 1.60. The monoisotopic (exact) mass is 337 g/mol. The fraction of sp³-hybridized carbons (Fsp3) is 0.375. The van der Waals surface area contributed by atoms with Gasteiger partial charge in [-0.1, -0.05) is 0 Å². The number of hydrogen-bond acceptors (Lipinski definition) is 4. The molecule has 0 spiro atoms. The van der Waals surface area contributed by atoms with Gasteiger partial charge in [0, 0.05) is 18.7 Å². The Hall–Kier alpha value is -2.48. The molecule has 0 unspecified atom stereocenters. The van der Waals surface area contributed by atoms with Crippen LogP contribution in [-0.2, 0) is 4.74 Å². The van der Waals surface area contributed by atoms with Crippen molar-refractivity contribution in [3.63, 3.8) is 0 Å². The van der Waals surface area contributed by atoms with E-state index < -0.39 is 6.61 Å². The minimum Gasteiger partial charge on any atom is -0.435 e. The second-order valence-corrected chi connectivity index (χ2v) is 5.41. The number of carbonyl (C=O) groups is 1. The summed E-state index contributed by atoms with van der Waals surface area (Å²) in [5, 5.41) is 9.54. The number of nitrogens with one attached hydrogen (secondary N) is 2. The van der Waals surface area contributed by atoms with Crippen LogP contribution in [0.25, 0.3) is 11.3 Å². The molecule has 1 aromatic heterocycles. The molecule has 1 saturated heterocycles. The van der Waals surface area contributed by atoms with E-state index in [0.29, 0.717) is 23.5 Å². The van der Waals surface area contributed by atoms with Crippen LogP contribution < -0.4 is 10.1 Å². The molecule has 0 aliphatic carbocycles. The normalized spacial score (nSPS) is 17.2. The summed E-state index contributed by atoms with van der Waals surface area (Å²) in [4.78, 5) is 12.1. The lowest BCUT2D eigenvalue weighted by Gasteiger charge is -2.09. The van der Waals surface area contributed by atoms with Gasteiger partial charge in [0.25, 0.3) is 5.91 Å². The number of halogens is 2. The maximum atomic E-state index is 12.1. The van der Waals surface area contributed by atoms with Gasteiger partial charge in [0.2, 0.25) is 0 Å². The van der Waals surface area contributed by atoms with Crippen molar-refractivity contribution in [2.24, 2.45) is 0 Å². The third-order valence-corrected chi connectivity index (χ3v) is 3.71. The molecule has 1 aromatic carbocycles. The minimum absolute atomic E-state index is 0.0683. The molecule has 2 heterocycles. The van der Waals surface area contributed by atoms with E-state index in [-0.39, 0.29) is 17.8 Å². The van der Waals surface area contributed by atoms with Crippen molar-refractivity contribution in [2.75, 3.05) is 13.2 Å². The number of hydrogen-bond donors (Lipinski definition) is 2. The second kappa shape index (κ2) is 7.39. The van der Waals surface area contributed by atoms with Gasteiger partial charge in [0.05, 0.1) is 11.8 Å². The molecule has 8 heteroatoms. The number of carbonyl (C=O) groups excluding carboxylic acids is 1. The summed E-state index contributed by atoms with van der Waals surface area (Å²) in [6.45, 7) is -1.66. The highest BCUT2D eigenvalue weighted by molar-refractivity contribution is 5.93. The standard InChI is InChI=1S/C16H17F2N3O3/c17-16(18)24-11-5-3-10(4-6-11)13-8-14(21-20-13)15(22)19-9-12-2-1-7-23-12/h3-6,8,12,16H,1-2,7,9H2,(H,19,22)(H,20,21)/t12-/m0/s1. The van der Waals surface area contributed by atoms with E-state index in [9.17, 15) is 13.6 Å². The van der Waals surface area contributed by atoms with Gasteiger partial charge in [0.15, 0.2) is 0 Å². The Kier molecular flexibility index (Phi) is 5.05. The Morgan fingerprint density at radius 3 is 2.88 bits per heavy atom. The van der Waals surface area contributed by atoms with E-state index in [2.05, 4.69) is 20.3 Å². The second-order valence-electron chi connectivity index (χ2n) is 5.41. The molecule has 1 fully saturated rings. The number of benzene rings is 1. The van der Waals surface area contributed by atoms with Crippen molar-refractivity contribution >= 4 is 5.91 Å². The molecule has 0 saturated carbocycles. The summed E-state index contributed by atoms with van der Waals surface area (Å²) < 4.78 is 34.0. The van der Waals surface area contributed by atoms with E-state index in [4.69, 9.17) is 4.74 Å². The molecule has 3 rings (SSSR count). The summed E-state index contributed by atoms with van der Waals surface area (Å²) in [5.41, 5.74) is 1.56. The fourth-order valence-electron chi connectivity index (χ4n) is 2.50. The summed E-state index contributed by atoms with van der Waals surface area (Å²) >= 11 is 0. The molecule has 0 radical (unpaired) electrons. The number of ether oxygens (including phenoxy) is 2. The molecule has 2 N–H and O–H groups in total. The number of amides is 1. The van der Waals surface area contributed by atoms with Gasteiger partial charge in [-0.05, 0) is 43.2 Å². The largest absolute Gasteiger partial charge is 0.435 e. The van der Waals surface area contributed by atoms with Crippen LogP contribution in [0.2, 0.25) is 0 Å². The Labute approximate surface area is 137 Å². The van der Waals surface area contributed by atoms with E-state index in [1.807, 2.05) is 0 Å². The molecule has 6 nitrogen and oxygen atoms in total. The van der Waals surface area contributed by atoms with Gasteiger partial charge in [-0.15, -0.1) is 0 Å². The van der Waals surface area contributed by atoms with Crippen LogP contribution in [0.4, 0.5) is 8.78 Å². The number of rotatable bonds is 6. The predicted octanol–water partition coefficient (Wildman–Crippen LogP) is 2.59. The quantitative estimate of drug-likeness (QED) is 0.849. The first kappa shape index (κ1) is 16.4. The van der Waals surface area contributed by atoms with Crippen molar-refractivity contribution < 1.29 is 23.0 Å². The van der Waals surface area contributed by atoms with Gasteiger partial charge in [-0.25, -0.2) is 0 Å². The number of alkyl halides is 2. The van der Waals surface area contributed by atoms with Crippen molar-refractivity contribution in [1.29, 1.82) is 0 Å². The highest BCUT2D eigenvalue weighted by Crippen LogP contribution is 2.22. The van der Waals surface area contributed by atoms with E-state index in [0.717, 1.165) is 19.4 Å².